The maximum atomic E-state index is 13.1. The summed E-state index contributed by atoms with van der Waals surface area (Å²) in [6.07, 6.45) is 0.893. The average Bonchev–Trinajstić information content (AvgIpc) is 3.08. The number of carbonyl (C=O) groups excluding carboxylic acids is 3. The third kappa shape index (κ3) is 4.74. The van der Waals surface area contributed by atoms with Crippen molar-refractivity contribution in [2.75, 3.05) is 19.6 Å². The van der Waals surface area contributed by atoms with Gasteiger partial charge in [-0.05, 0) is 62.9 Å². The molecule has 2 aliphatic rings. The van der Waals surface area contributed by atoms with Crippen LogP contribution in [0.15, 0.2) is 58.3 Å². The van der Waals surface area contributed by atoms with Gasteiger partial charge in [0.2, 0.25) is 15.9 Å². The molecule has 2 heterocycles. The minimum Gasteiger partial charge on any atom is -0.336 e. The van der Waals surface area contributed by atoms with E-state index in [0.717, 1.165) is 4.90 Å². The molecule has 1 spiro atoms. The van der Waals surface area contributed by atoms with E-state index in [-0.39, 0.29) is 42.0 Å². The van der Waals surface area contributed by atoms with E-state index in [2.05, 4.69) is 5.32 Å². The van der Waals surface area contributed by atoms with Crippen molar-refractivity contribution in [3.05, 3.63) is 59.7 Å². The molecule has 2 fully saturated rings. The number of piperidine rings is 1. The maximum absolute atomic E-state index is 13.1. The standard InChI is InChI=1S/C23H25N3O5S2/c1-16(27)18-3-7-20(8-4-18)32-26-15-22(29)24-23(26)11-13-25(14-12-23)33(30,31)21-9-5-19(6-10-21)17(2)28/h3-10H,11-15H2,1-2H3,(H,24,29). The second-order valence-electron chi connectivity index (χ2n) is 8.27. The molecule has 0 aromatic heterocycles. The third-order valence-electron chi connectivity index (χ3n) is 6.06. The molecule has 10 heteroatoms. The van der Waals surface area contributed by atoms with Gasteiger partial charge in [-0.15, -0.1) is 0 Å². The Morgan fingerprint density at radius 2 is 1.42 bits per heavy atom. The first-order chi connectivity index (χ1) is 15.6. The van der Waals surface area contributed by atoms with Crippen LogP contribution in [0.5, 0.6) is 0 Å². The van der Waals surface area contributed by atoms with Crippen LogP contribution in [0, 0.1) is 0 Å². The van der Waals surface area contributed by atoms with E-state index in [1.54, 1.807) is 12.1 Å². The Kier molecular flexibility index (Phi) is 6.45. The predicted octanol–water partition coefficient (Wildman–Crippen LogP) is 2.71. The highest BCUT2D eigenvalue weighted by atomic mass is 32.2. The number of hydrogen-bond donors (Lipinski definition) is 1. The minimum absolute atomic E-state index is 0.00875. The number of rotatable bonds is 6. The van der Waals surface area contributed by atoms with Crippen molar-refractivity contribution in [3.8, 4) is 0 Å². The molecule has 1 N–H and O–H groups in total. The van der Waals surface area contributed by atoms with Crippen LogP contribution in [-0.2, 0) is 14.8 Å². The van der Waals surface area contributed by atoms with E-state index in [4.69, 9.17) is 0 Å². The first kappa shape index (κ1) is 23.6. The average molecular weight is 488 g/mol. The monoisotopic (exact) mass is 487 g/mol. The molecule has 4 rings (SSSR count). The molecule has 2 aromatic carbocycles. The van der Waals surface area contributed by atoms with Gasteiger partial charge in [0.05, 0.1) is 11.4 Å². The quantitative estimate of drug-likeness (QED) is 0.494. The molecule has 2 saturated heterocycles. The Labute approximate surface area is 197 Å². The largest absolute Gasteiger partial charge is 0.336 e. The smallest absolute Gasteiger partial charge is 0.243 e. The fraction of sp³-hybridized carbons (Fsp3) is 0.348. The minimum atomic E-state index is -3.70. The van der Waals surface area contributed by atoms with Crippen LogP contribution >= 0.6 is 11.9 Å². The molecule has 0 bridgehead atoms. The van der Waals surface area contributed by atoms with Crippen LogP contribution in [0.3, 0.4) is 0 Å². The van der Waals surface area contributed by atoms with Crippen molar-refractivity contribution in [1.82, 2.24) is 13.9 Å². The van der Waals surface area contributed by atoms with Crippen molar-refractivity contribution >= 4 is 39.4 Å². The molecular weight excluding hydrogens is 462 g/mol. The van der Waals surface area contributed by atoms with Gasteiger partial charge in [-0.25, -0.2) is 12.7 Å². The van der Waals surface area contributed by atoms with Gasteiger partial charge in [-0.1, -0.05) is 24.3 Å². The lowest BCUT2D eigenvalue weighted by atomic mass is 9.99. The molecule has 0 atom stereocenters. The van der Waals surface area contributed by atoms with Crippen LogP contribution in [0.4, 0.5) is 0 Å². The van der Waals surface area contributed by atoms with E-state index in [1.165, 1.54) is 54.4 Å². The summed E-state index contributed by atoms with van der Waals surface area (Å²) in [5.74, 6) is -0.228. The number of benzene rings is 2. The number of sulfonamides is 1. The summed E-state index contributed by atoms with van der Waals surface area (Å²) in [6, 6.07) is 13.2. The van der Waals surface area contributed by atoms with E-state index in [0.29, 0.717) is 24.0 Å². The molecule has 8 nitrogen and oxygen atoms in total. The second-order valence-corrected chi connectivity index (χ2v) is 11.3. The van der Waals surface area contributed by atoms with Crippen LogP contribution in [0.2, 0.25) is 0 Å². The van der Waals surface area contributed by atoms with Crippen molar-refractivity contribution < 1.29 is 22.8 Å². The maximum Gasteiger partial charge on any atom is 0.243 e. The first-order valence-corrected chi connectivity index (χ1v) is 12.8. The molecule has 2 aromatic rings. The van der Waals surface area contributed by atoms with E-state index < -0.39 is 15.7 Å². The fourth-order valence-electron chi connectivity index (χ4n) is 4.12. The van der Waals surface area contributed by atoms with Crippen LogP contribution in [0.1, 0.15) is 47.4 Å². The van der Waals surface area contributed by atoms with E-state index >= 15 is 0 Å². The SMILES string of the molecule is CC(=O)c1ccc(SN2CC(=O)NC23CCN(S(=O)(=O)c2ccc(C(C)=O)cc2)CC3)cc1. The van der Waals surface area contributed by atoms with Crippen molar-refractivity contribution in [2.24, 2.45) is 0 Å². The summed E-state index contributed by atoms with van der Waals surface area (Å²) in [4.78, 5) is 36.3. The molecule has 2 aliphatic heterocycles. The van der Waals surface area contributed by atoms with Gasteiger partial charge in [-0.2, -0.15) is 4.31 Å². The van der Waals surface area contributed by atoms with Gasteiger partial charge in [0.25, 0.3) is 0 Å². The highest BCUT2D eigenvalue weighted by molar-refractivity contribution is 7.97. The predicted molar refractivity (Wildman–Crippen MR) is 124 cm³/mol. The molecule has 0 radical (unpaired) electrons. The Bertz CT molecular complexity index is 1190. The molecule has 0 unspecified atom stereocenters. The van der Waals surface area contributed by atoms with Gasteiger partial charge in [-0.3, -0.25) is 14.4 Å². The molecule has 0 saturated carbocycles. The number of hydrogen-bond acceptors (Lipinski definition) is 7. The zero-order valence-corrected chi connectivity index (χ0v) is 20.0. The van der Waals surface area contributed by atoms with E-state index in [1.807, 2.05) is 16.4 Å². The number of nitrogens with zero attached hydrogens (tertiary/aromatic N) is 2. The molecule has 174 valence electrons. The summed E-state index contributed by atoms with van der Waals surface area (Å²) < 4.78 is 29.6. The lowest BCUT2D eigenvalue weighted by Crippen LogP contribution is -2.57. The van der Waals surface area contributed by atoms with Gasteiger partial charge >= 0.3 is 0 Å². The van der Waals surface area contributed by atoms with Crippen molar-refractivity contribution in [2.45, 2.75) is 42.1 Å². The van der Waals surface area contributed by atoms with Gasteiger partial charge in [0.1, 0.15) is 5.66 Å². The lowest BCUT2D eigenvalue weighted by molar-refractivity contribution is -0.119. The van der Waals surface area contributed by atoms with Crippen molar-refractivity contribution in [1.29, 1.82) is 0 Å². The summed E-state index contributed by atoms with van der Waals surface area (Å²) in [7, 11) is -3.70. The summed E-state index contributed by atoms with van der Waals surface area (Å²) in [5.41, 5.74) is 0.453. The third-order valence-corrected chi connectivity index (χ3v) is 9.16. The molecule has 1 amide bonds. The fourth-order valence-corrected chi connectivity index (χ4v) is 6.66. The van der Waals surface area contributed by atoms with Crippen LogP contribution in [-0.4, -0.2) is 59.8 Å². The number of carbonyl (C=O) groups is 3. The lowest BCUT2D eigenvalue weighted by Gasteiger charge is -2.43. The highest BCUT2D eigenvalue weighted by Gasteiger charge is 2.48. The van der Waals surface area contributed by atoms with Gasteiger partial charge < -0.3 is 5.32 Å². The Morgan fingerprint density at radius 1 is 0.909 bits per heavy atom. The Morgan fingerprint density at radius 3 is 1.94 bits per heavy atom. The molecule has 0 aliphatic carbocycles. The van der Waals surface area contributed by atoms with E-state index in [9.17, 15) is 22.8 Å². The van der Waals surface area contributed by atoms with Crippen LogP contribution < -0.4 is 5.32 Å². The normalized spacial score (nSPS) is 18.9. The zero-order valence-electron chi connectivity index (χ0n) is 18.4. The first-order valence-electron chi connectivity index (χ1n) is 10.6. The van der Waals surface area contributed by atoms with Crippen LogP contribution in [0.25, 0.3) is 0 Å². The summed E-state index contributed by atoms with van der Waals surface area (Å²) >= 11 is 1.43. The molecule has 33 heavy (non-hydrogen) atoms. The van der Waals surface area contributed by atoms with Crippen molar-refractivity contribution in [3.63, 3.8) is 0 Å². The zero-order chi connectivity index (χ0) is 23.8. The summed E-state index contributed by atoms with van der Waals surface area (Å²) in [5, 5.41) is 3.05. The number of amides is 1. The Balaban J connectivity index is 1.47. The number of ketones is 2. The number of nitrogens with one attached hydrogen (secondary N) is 1. The number of Topliss-reactive ketones (excluding diaryl/α,β-unsaturated/α-hetero) is 2. The topological polar surface area (TPSA) is 104 Å². The van der Waals surface area contributed by atoms with Gasteiger partial charge in [0.15, 0.2) is 11.6 Å². The second kappa shape index (κ2) is 9.02. The van der Waals surface area contributed by atoms with Gasteiger partial charge in [0, 0.05) is 29.1 Å². The highest BCUT2D eigenvalue weighted by Crippen LogP contribution is 2.39. The summed E-state index contributed by atoms with van der Waals surface area (Å²) in [6.45, 7) is 3.68. The Hall–Kier alpha value is -2.53. The molecular formula is C23H25N3O5S2.